The molecule has 43 heavy (non-hydrogen) atoms. The van der Waals surface area contributed by atoms with Gasteiger partial charge in [-0.05, 0) is 53.6 Å². The van der Waals surface area contributed by atoms with Crippen LogP contribution in [0.15, 0.2) is 96.4 Å². The van der Waals surface area contributed by atoms with E-state index in [1.807, 2.05) is 24.3 Å². The fourth-order valence-electron chi connectivity index (χ4n) is 4.88. The summed E-state index contributed by atoms with van der Waals surface area (Å²) < 4.78 is 34.4. The highest BCUT2D eigenvalue weighted by molar-refractivity contribution is 6.30. The van der Waals surface area contributed by atoms with E-state index in [0.717, 1.165) is 11.1 Å². The molecule has 2 unspecified atom stereocenters. The third-order valence-electron chi connectivity index (χ3n) is 7.01. The third-order valence-corrected chi connectivity index (χ3v) is 7.26. The van der Waals surface area contributed by atoms with Gasteiger partial charge in [-0.15, -0.1) is 0 Å². The average Bonchev–Trinajstić information content (AvgIpc) is 3.03. The molecule has 10 heteroatoms. The first-order valence-corrected chi connectivity index (χ1v) is 13.7. The van der Waals surface area contributed by atoms with Gasteiger partial charge in [0.2, 0.25) is 12.0 Å². The van der Waals surface area contributed by atoms with Crippen molar-refractivity contribution in [1.29, 1.82) is 5.26 Å². The third kappa shape index (κ3) is 5.73. The molecule has 0 amide bonds. The topological polar surface area (TPSA) is 122 Å². The van der Waals surface area contributed by atoms with Gasteiger partial charge >= 0.3 is 5.97 Å². The maximum Gasteiger partial charge on any atom is 0.356 e. The second-order valence-corrected chi connectivity index (χ2v) is 10.2. The number of hydrogen-bond acceptors (Lipinski definition) is 9. The number of nitriles is 1. The number of allylic oxidation sites excluding steroid dienone is 1. The predicted molar refractivity (Wildman–Crippen MR) is 157 cm³/mol. The molecule has 4 aromatic rings. The van der Waals surface area contributed by atoms with Gasteiger partial charge in [-0.3, -0.25) is 0 Å². The Labute approximate surface area is 252 Å². The van der Waals surface area contributed by atoms with Crippen LogP contribution in [0.4, 0.5) is 0 Å². The molecule has 0 bridgehead atoms. The lowest BCUT2D eigenvalue weighted by molar-refractivity contribution is -0.144. The number of carbonyl (C=O) groups excluding carboxylic acids is 1. The quantitative estimate of drug-likeness (QED) is 0.205. The van der Waals surface area contributed by atoms with Crippen molar-refractivity contribution in [2.45, 2.75) is 18.6 Å². The molecular formula is C33H25ClN2O7. The zero-order valence-electron chi connectivity index (χ0n) is 22.9. The zero-order chi connectivity index (χ0) is 29.9. The summed E-state index contributed by atoms with van der Waals surface area (Å²) in [6.07, 6.45) is -0.942. The van der Waals surface area contributed by atoms with Gasteiger partial charge in [0.15, 0.2) is 23.0 Å². The molecule has 2 heterocycles. The molecule has 9 nitrogen and oxygen atoms in total. The number of methoxy groups -OCH3 is 1. The molecule has 216 valence electrons. The van der Waals surface area contributed by atoms with E-state index in [1.54, 1.807) is 67.8 Å². The van der Waals surface area contributed by atoms with E-state index in [0.29, 0.717) is 45.9 Å². The SMILES string of the molecule is COc1cc(C2C(C#N)=C(N)Oc3cc(OC(=O)C4COc5ccccc5O4)ccc32)ccc1OCc1ccc(Cl)cc1. The number of para-hydroxylation sites is 2. The molecule has 2 aliphatic heterocycles. The van der Waals surface area contributed by atoms with Crippen LogP contribution >= 0.6 is 11.6 Å². The standard InChI is InChI=1S/C33H25ClN2O7/c1-38-29-14-20(8-13-26(29)39-17-19-6-9-21(34)10-7-19)31-23-12-11-22(15-28(23)43-32(36)24(31)16-35)41-33(37)30-18-40-25-4-2-3-5-27(25)42-30/h2-15,30-31H,17-18,36H2,1H3. The van der Waals surface area contributed by atoms with Crippen molar-refractivity contribution in [3.63, 3.8) is 0 Å². The molecule has 0 fully saturated rings. The minimum atomic E-state index is -0.942. The van der Waals surface area contributed by atoms with Crippen LogP contribution in [0.2, 0.25) is 5.02 Å². The highest BCUT2D eigenvalue weighted by Gasteiger charge is 2.33. The van der Waals surface area contributed by atoms with Crippen molar-refractivity contribution in [2.24, 2.45) is 5.73 Å². The Morgan fingerprint density at radius 3 is 2.56 bits per heavy atom. The fourth-order valence-corrected chi connectivity index (χ4v) is 5.01. The van der Waals surface area contributed by atoms with Gasteiger partial charge in [-0.2, -0.15) is 5.26 Å². The minimum absolute atomic E-state index is 0.0157. The number of hydrogen-bond donors (Lipinski definition) is 1. The number of nitrogens with two attached hydrogens (primary N) is 1. The molecule has 2 N–H and O–H groups in total. The lowest BCUT2D eigenvalue weighted by atomic mass is 9.83. The molecular weight excluding hydrogens is 572 g/mol. The van der Waals surface area contributed by atoms with Crippen molar-refractivity contribution in [3.8, 4) is 40.6 Å². The Balaban J connectivity index is 1.23. The van der Waals surface area contributed by atoms with Crippen molar-refractivity contribution < 1.29 is 33.2 Å². The number of halogens is 1. The normalized spacial score (nSPS) is 16.8. The van der Waals surface area contributed by atoms with Crippen molar-refractivity contribution >= 4 is 17.6 Å². The Hall–Kier alpha value is -5.33. The maximum atomic E-state index is 12.9. The Kier molecular flexibility index (Phi) is 7.69. The molecule has 2 atom stereocenters. The second kappa shape index (κ2) is 11.9. The van der Waals surface area contributed by atoms with Crippen LogP contribution in [0.5, 0.6) is 34.5 Å². The summed E-state index contributed by atoms with van der Waals surface area (Å²) in [5.41, 5.74) is 8.77. The second-order valence-electron chi connectivity index (χ2n) is 9.74. The number of fused-ring (bicyclic) bond motifs is 2. The molecule has 0 saturated heterocycles. The van der Waals surface area contributed by atoms with Crippen molar-refractivity contribution in [3.05, 3.63) is 118 Å². The number of carbonyl (C=O) groups is 1. The van der Waals surface area contributed by atoms with Gasteiger partial charge in [0.1, 0.15) is 36.4 Å². The lowest BCUT2D eigenvalue weighted by Gasteiger charge is -2.27. The van der Waals surface area contributed by atoms with E-state index in [9.17, 15) is 10.1 Å². The molecule has 6 rings (SSSR count). The van der Waals surface area contributed by atoms with Crippen LogP contribution in [0, 0.1) is 11.3 Å². The zero-order valence-corrected chi connectivity index (χ0v) is 23.7. The number of esters is 1. The van der Waals surface area contributed by atoms with Crippen LogP contribution in [0.1, 0.15) is 22.6 Å². The highest BCUT2D eigenvalue weighted by Crippen LogP contribution is 2.45. The first-order valence-electron chi connectivity index (χ1n) is 13.3. The number of ether oxygens (including phenoxy) is 6. The summed E-state index contributed by atoms with van der Waals surface area (Å²) in [4.78, 5) is 12.9. The smallest absolute Gasteiger partial charge is 0.356 e. The van der Waals surface area contributed by atoms with E-state index in [2.05, 4.69) is 6.07 Å². The molecule has 0 radical (unpaired) electrons. The summed E-state index contributed by atoms with van der Waals surface area (Å²) in [5.74, 6) is 1.37. The van der Waals surface area contributed by atoms with Gasteiger partial charge in [0.25, 0.3) is 0 Å². The van der Waals surface area contributed by atoms with E-state index >= 15 is 0 Å². The first-order chi connectivity index (χ1) is 20.9. The Morgan fingerprint density at radius 1 is 1.00 bits per heavy atom. The Morgan fingerprint density at radius 2 is 1.79 bits per heavy atom. The van der Waals surface area contributed by atoms with Gasteiger partial charge < -0.3 is 34.2 Å². The van der Waals surface area contributed by atoms with E-state index < -0.39 is 18.0 Å². The molecule has 0 aromatic heterocycles. The molecule has 0 saturated carbocycles. The molecule has 0 spiro atoms. The summed E-state index contributed by atoms with van der Waals surface area (Å²) in [6.45, 7) is 0.330. The predicted octanol–water partition coefficient (Wildman–Crippen LogP) is 5.89. The van der Waals surface area contributed by atoms with Crippen LogP contribution < -0.4 is 34.2 Å². The maximum absolute atomic E-state index is 12.9. The minimum Gasteiger partial charge on any atom is -0.493 e. The molecule has 0 aliphatic carbocycles. The monoisotopic (exact) mass is 596 g/mol. The van der Waals surface area contributed by atoms with Crippen LogP contribution in [0.25, 0.3) is 0 Å². The van der Waals surface area contributed by atoms with Crippen LogP contribution in [0.3, 0.4) is 0 Å². The summed E-state index contributed by atoms with van der Waals surface area (Å²) >= 11 is 5.98. The van der Waals surface area contributed by atoms with Gasteiger partial charge in [0.05, 0.1) is 13.0 Å². The van der Waals surface area contributed by atoms with Gasteiger partial charge in [0, 0.05) is 16.7 Å². The first kappa shape index (κ1) is 27.8. The number of rotatable bonds is 7. The van der Waals surface area contributed by atoms with Gasteiger partial charge in [-0.1, -0.05) is 48.0 Å². The number of nitrogens with zero attached hydrogens (tertiary/aromatic N) is 1. The Bertz CT molecular complexity index is 1760. The largest absolute Gasteiger partial charge is 0.493 e. The summed E-state index contributed by atoms with van der Waals surface area (Å²) in [5, 5.41) is 10.6. The number of benzene rings is 4. The van der Waals surface area contributed by atoms with E-state index in [4.69, 9.17) is 45.8 Å². The van der Waals surface area contributed by atoms with E-state index in [-0.39, 0.29) is 23.8 Å². The van der Waals surface area contributed by atoms with Crippen molar-refractivity contribution in [1.82, 2.24) is 0 Å². The average molecular weight is 597 g/mol. The fraction of sp³-hybridized carbons (Fsp3) is 0.152. The summed E-state index contributed by atoms with van der Waals surface area (Å²) in [7, 11) is 1.54. The van der Waals surface area contributed by atoms with Crippen molar-refractivity contribution in [2.75, 3.05) is 13.7 Å². The van der Waals surface area contributed by atoms with Gasteiger partial charge in [-0.25, -0.2) is 4.79 Å². The van der Waals surface area contributed by atoms with E-state index in [1.165, 1.54) is 0 Å². The molecule has 2 aliphatic rings. The van der Waals surface area contributed by atoms with Crippen LogP contribution in [-0.4, -0.2) is 25.8 Å². The summed E-state index contributed by atoms with van der Waals surface area (Å²) in [6, 6.07) is 27.0. The van der Waals surface area contributed by atoms with Crippen LogP contribution in [-0.2, 0) is 11.4 Å². The highest BCUT2D eigenvalue weighted by atomic mass is 35.5. The molecule has 4 aromatic carbocycles. The lowest BCUT2D eigenvalue weighted by Crippen LogP contribution is -2.39.